The van der Waals surface area contributed by atoms with Crippen molar-refractivity contribution < 1.29 is 18.8 Å². The van der Waals surface area contributed by atoms with Crippen molar-refractivity contribution in [3.05, 3.63) is 87.9 Å². The fourth-order valence-electron chi connectivity index (χ4n) is 2.64. The lowest BCUT2D eigenvalue weighted by Gasteiger charge is -2.17. The first-order valence-electron chi connectivity index (χ1n) is 8.49. The second kappa shape index (κ2) is 8.13. The first-order chi connectivity index (χ1) is 13.7. The van der Waals surface area contributed by atoms with Crippen LogP contribution in [0.2, 0.25) is 0 Å². The van der Waals surface area contributed by atoms with Crippen molar-refractivity contribution in [1.82, 2.24) is 10.2 Å². The number of nitro benzene ring substituents is 1. The standard InChI is InChI=1S/C19H15N3O5S/c23-22(24)15-8-4-5-13(9-15)12-28-19-21-20-18(27-19)17-11-25-10-16(26-17)14-6-2-1-3-7-14/h1-2,4-6,8-11H,3,7,12H2. The molecule has 1 aliphatic carbocycles. The molecule has 142 valence electrons. The van der Waals surface area contributed by atoms with Crippen molar-refractivity contribution in [2.24, 2.45) is 0 Å². The number of hydrogen-bond donors (Lipinski definition) is 0. The Bertz CT molecular complexity index is 1020. The number of thioether (sulfide) groups is 1. The molecule has 1 aliphatic heterocycles. The SMILES string of the molecule is O=[N+]([O-])c1cccc(CSc2nnc(C3=COC=C(C4=CC=CCC4)O3)o2)c1. The summed E-state index contributed by atoms with van der Waals surface area (Å²) in [7, 11) is 0. The van der Waals surface area contributed by atoms with Gasteiger partial charge in [0, 0.05) is 17.9 Å². The molecule has 0 N–H and O–H groups in total. The van der Waals surface area contributed by atoms with E-state index in [0.29, 0.717) is 22.5 Å². The number of benzene rings is 1. The predicted octanol–water partition coefficient (Wildman–Crippen LogP) is 4.73. The molecule has 1 aromatic carbocycles. The molecule has 1 aromatic heterocycles. The molecule has 28 heavy (non-hydrogen) atoms. The summed E-state index contributed by atoms with van der Waals surface area (Å²) < 4.78 is 16.8. The van der Waals surface area contributed by atoms with Gasteiger partial charge >= 0.3 is 0 Å². The molecule has 9 heteroatoms. The van der Waals surface area contributed by atoms with Crippen LogP contribution in [0.15, 0.2) is 76.0 Å². The highest BCUT2D eigenvalue weighted by Crippen LogP contribution is 2.31. The van der Waals surface area contributed by atoms with Gasteiger partial charge in [-0.25, -0.2) is 0 Å². The normalized spacial score (nSPS) is 15.8. The van der Waals surface area contributed by atoms with Gasteiger partial charge < -0.3 is 13.9 Å². The number of non-ortho nitro benzene ring substituents is 1. The average molecular weight is 397 g/mol. The zero-order chi connectivity index (χ0) is 19.3. The predicted molar refractivity (Wildman–Crippen MR) is 102 cm³/mol. The molecule has 8 nitrogen and oxygen atoms in total. The summed E-state index contributed by atoms with van der Waals surface area (Å²) in [4.78, 5) is 10.4. The average Bonchev–Trinajstić information content (AvgIpc) is 3.22. The lowest BCUT2D eigenvalue weighted by atomic mass is 10.0. The minimum Gasteiger partial charge on any atom is -0.465 e. The van der Waals surface area contributed by atoms with Crippen molar-refractivity contribution in [3.63, 3.8) is 0 Å². The third-order valence-electron chi connectivity index (χ3n) is 4.00. The molecule has 0 amide bonds. The molecule has 0 bridgehead atoms. The van der Waals surface area contributed by atoms with E-state index in [-0.39, 0.29) is 11.6 Å². The Morgan fingerprint density at radius 1 is 1.21 bits per heavy atom. The molecular weight excluding hydrogens is 382 g/mol. The Labute approximate surface area is 164 Å². The van der Waals surface area contributed by atoms with Gasteiger partial charge in [-0.3, -0.25) is 10.1 Å². The summed E-state index contributed by atoms with van der Waals surface area (Å²) in [6.07, 6.45) is 10.8. The molecule has 4 rings (SSSR count). The monoisotopic (exact) mass is 397 g/mol. The molecule has 2 aromatic rings. The summed E-state index contributed by atoms with van der Waals surface area (Å²) in [5.41, 5.74) is 1.87. The van der Waals surface area contributed by atoms with E-state index >= 15 is 0 Å². The van der Waals surface area contributed by atoms with Gasteiger partial charge in [-0.05, 0) is 24.0 Å². The Morgan fingerprint density at radius 2 is 2.11 bits per heavy atom. The summed E-state index contributed by atoms with van der Waals surface area (Å²) in [5.74, 6) is 1.62. The van der Waals surface area contributed by atoms with E-state index in [4.69, 9.17) is 13.9 Å². The van der Waals surface area contributed by atoms with Crippen LogP contribution < -0.4 is 0 Å². The molecule has 0 radical (unpaired) electrons. The van der Waals surface area contributed by atoms with Crippen LogP contribution in [0.5, 0.6) is 0 Å². The largest absolute Gasteiger partial charge is 0.465 e. The van der Waals surface area contributed by atoms with Crippen molar-refractivity contribution in [2.45, 2.75) is 23.8 Å². The summed E-state index contributed by atoms with van der Waals surface area (Å²) >= 11 is 1.29. The van der Waals surface area contributed by atoms with E-state index in [1.54, 1.807) is 18.4 Å². The Hall–Kier alpha value is -3.33. The molecule has 2 heterocycles. The topological polar surface area (TPSA) is 101 Å². The van der Waals surface area contributed by atoms with Crippen molar-refractivity contribution in [1.29, 1.82) is 0 Å². The van der Waals surface area contributed by atoms with Crippen LogP contribution in [0, 0.1) is 10.1 Å². The van der Waals surface area contributed by atoms with E-state index < -0.39 is 4.92 Å². The van der Waals surface area contributed by atoms with Crippen LogP contribution in [0.4, 0.5) is 5.69 Å². The Morgan fingerprint density at radius 3 is 2.93 bits per heavy atom. The number of nitrogens with zero attached hydrogens (tertiary/aromatic N) is 3. The lowest BCUT2D eigenvalue weighted by molar-refractivity contribution is -0.384. The fourth-order valence-corrected chi connectivity index (χ4v) is 3.35. The van der Waals surface area contributed by atoms with E-state index in [0.717, 1.165) is 24.0 Å². The van der Waals surface area contributed by atoms with Crippen LogP contribution in [0.1, 0.15) is 24.3 Å². The molecule has 0 saturated carbocycles. The number of allylic oxidation sites excluding steroid dienone is 4. The van der Waals surface area contributed by atoms with E-state index in [1.165, 1.54) is 30.2 Å². The molecule has 0 saturated heterocycles. The minimum atomic E-state index is -0.422. The van der Waals surface area contributed by atoms with Crippen molar-refractivity contribution in [3.8, 4) is 0 Å². The summed E-state index contributed by atoms with van der Waals surface area (Å²) in [6.45, 7) is 0. The number of rotatable bonds is 6. The second-order valence-corrected chi connectivity index (χ2v) is 6.88. The number of aromatic nitrogens is 2. The van der Waals surface area contributed by atoms with Crippen LogP contribution in [0.25, 0.3) is 5.76 Å². The Balaban J connectivity index is 1.40. The molecule has 0 fully saturated rings. The Kier molecular flexibility index (Phi) is 5.24. The maximum absolute atomic E-state index is 10.9. The van der Waals surface area contributed by atoms with Gasteiger partial charge in [0.15, 0.2) is 5.76 Å². The van der Waals surface area contributed by atoms with Gasteiger partial charge in [0.05, 0.1) is 4.92 Å². The molecule has 0 atom stereocenters. The van der Waals surface area contributed by atoms with Gasteiger partial charge in [-0.2, -0.15) is 0 Å². The van der Waals surface area contributed by atoms with E-state index in [1.807, 2.05) is 12.2 Å². The highest BCUT2D eigenvalue weighted by molar-refractivity contribution is 7.98. The van der Waals surface area contributed by atoms with E-state index in [9.17, 15) is 10.1 Å². The van der Waals surface area contributed by atoms with Gasteiger partial charge in [0.2, 0.25) is 5.76 Å². The zero-order valence-electron chi connectivity index (χ0n) is 14.6. The van der Waals surface area contributed by atoms with Gasteiger partial charge in [-0.1, -0.05) is 42.1 Å². The number of nitro groups is 1. The van der Waals surface area contributed by atoms with Gasteiger partial charge in [0.25, 0.3) is 16.8 Å². The van der Waals surface area contributed by atoms with Crippen LogP contribution in [-0.4, -0.2) is 15.1 Å². The quantitative estimate of drug-likeness (QED) is 0.392. The summed E-state index contributed by atoms with van der Waals surface area (Å²) in [6, 6.07) is 6.43. The van der Waals surface area contributed by atoms with Crippen LogP contribution in [-0.2, 0) is 15.2 Å². The number of ether oxygens (including phenoxy) is 2. The van der Waals surface area contributed by atoms with Gasteiger partial charge in [-0.15, -0.1) is 10.2 Å². The van der Waals surface area contributed by atoms with Crippen molar-refractivity contribution >= 4 is 23.2 Å². The molecule has 0 unspecified atom stereocenters. The lowest BCUT2D eigenvalue weighted by Crippen LogP contribution is -2.03. The third-order valence-corrected chi connectivity index (χ3v) is 4.89. The first kappa shape index (κ1) is 18.1. The summed E-state index contributed by atoms with van der Waals surface area (Å²) in [5, 5.41) is 19.2. The second-order valence-electron chi connectivity index (χ2n) is 5.95. The van der Waals surface area contributed by atoms with Crippen molar-refractivity contribution in [2.75, 3.05) is 0 Å². The molecule has 0 spiro atoms. The highest BCUT2D eigenvalue weighted by Gasteiger charge is 2.21. The highest BCUT2D eigenvalue weighted by atomic mass is 32.2. The molecule has 2 aliphatic rings. The number of hydrogen-bond acceptors (Lipinski definition) is 8. The first-order valence-corrected chi connectivity index (χ1v) is 9.47. The van der Waals surface area contributed by atoms with Gasteiger partial charge in [0.1, 0.15) is 12.5 Å². The third kappa shape index (κ3) is 4.15. The van der Waals surface area contributed by atoms with E-state index in [2.05, 4.69) is 16.3 Å². The maximum Gasteiger partial charge on any atom is 0.287 e. The minimum absolute atomic E-state index is 0.0495. The molecular formula is C19H15N3O5S. The van der Waals surface area contributed by atoms with Crippen LogP contribution >= 0.6 is 11.8 Å². The van der Waals surface area contributed by atoms with Crippen LogP contribution in [0.3, 0.4) is 0 Å². The maximum atomic E-state index is 10.9. The zero-order valence-corrected chi connectivity index (χ0v) is 15.4. The fraction of sp³-hybridized carbons (Fsp3) is 0.158. The smallest absolute Gasteiger partial charge is 0.287 e.